The summed E-state index contributed by atoms with van der Waals surface area (Å²) in [5.74, 6) is 2.96. The summed E-state index contributed by atoms with van der Waals surface area (Å²) < 4.78 is 0. The average molecular weight is 258 g/mol. The van der Waals surface area contributed by atoms with E-state index in [1.165, 1.54) is 31.4 Å². The summed E-state index contributed by atoms with van der Waals surface area (Å²) in [4.78, 5) is 2.52. The summed E-state index contributed by atoms with van der Waals surface area (Å²) in [5, 5.41) is 0. The molecule has 102 valence electrons. The smallest absolute Gasteiger partial charge is 0.0246 e. The SMILES string of the molecule is CSCC(C)N(C)C(CN)C1CCC(C)CC1. The fourth-order valence-electron chi connectivity index (χ4n) is 3.05. The maximum Gasteiger partial charge on any atom is 0.0246 e. The Morgan fingerprint density at radius 2 is 1.88 bits per heavy atom. The zero-order valence-electron chi connectivity index (χ0n) is 12.0. The van der Waals surface area contributed by atoms with Gasteiger partial charge < -0.3 is 5.73 Å². The van der Waals surface area contributed by atoms with Gasteiger partial charge in [-0.1, -0.05) is 19.8 Å². The predicted molar refractivity (Wildman–Crippen MR) is 79.6 cm³/mol. The molecular formula is C14H30N2S. The molecule has 0 saturated heterocycles. The molecule has 1 aliphatic carbocycles. The van der Waals surface area contributed by atoms with Crippen LogP contribution in [0.3, 0.4) is 0 Å². The molecule has 0 radical (unpaired) electrons. The number of likely N-dealkylation sites (N-methyl/N-ethyl adjacent to an activating group) is 1. The first-order valence-corrected chi connectivity index (χ1v) is 8.40. The van der Waals surface area contributed by atoms with Gasteiger partial charge >= 0.3 is 0 Å². The van der Waals surface area contributed by atoms with Gasteiger partial charge in [-0.05, 0) is 44.9 Å². The van der Waals surface area contributed by atoms with E-state index >= 15 is 0 Å². The molecule has 1 aliphatic rings. The van der Waals surface area contributed by atoms with Crippen molar-refractivity contribution < 1.29 is 0 Å². The highest BCUT2D eigenvalue weighted by Crippen LogP contribution is 2.32. The van der Waals surface area contributed by atoms with Crippen LogP contribution in [0, 0.1) is 11.8 Å². The lowest BCUT2D eigenvalue weighted by molar-refractivity contribution is 0.112. The van der Waals surface area contributed by atoms with Gasteiger partial charge in [0, 0.05) is 24.4 Å². The first kappa shape index (κ1) is 15.3. The lowest BCUT2D eigenvalue weighted by Crippen LogP contribution is -2.49. The summed E-state index contributed by atoms with van der Waals surface area (Å²) in [6.45, 7) is 5.52. The third kappa shape index (κ3) is 4.46. The van der Waals surface area contributed by atoms with E-state index in [4.69, 9.17) is 5.73 Å². The van der Waals surface area contributed by atoms with Crippen molar-refractivity contribution in [2.75, 3.05) is 25.6 Å². The minimum Gasteiger partial charge on any atom is -0.329 e. The van der Waals surface area contributed by atoms with Crippen molar-refractivity contribution in [2.45, 2.75) is 51.6 Å². The van der Waals surface area contributed by atoms with Crippen molar-refractivity contribution >= 4 is 11.8 Å². The van der Waals surface area contributed by atoms with E-state index < -0.39 is 0 Å². The van der Waals surface area contributed by atoms with E-state index in [1.54, 1.807) is 0 Å². The maximum atomic E-state index is 6.02. The fourth-order valence-corrected chi connectivity index (χ4v) is 3.77. The van der Waals surface area contributed by atoms with Crippen LogP contribution >= 0.6 is 11.8 Å². The molecule has 0 spiro atoms. The lowest BCUT2D eigenvalue weighted by Gasteiger charge is -2.40. The van der Waals surface area contributed by atoms with Crippen LogP contribution in [-0.2, 0) is 0 Å². The normalized spacial score (nSPS) is 29.3. The molecule has 1 saturated carbocycles. The van der Waals surface area contributed by atoms with Gasteiger partial charge in [-0.25, -0.2) is 0 Å². The molecule has 3 heteroatoms. The molecule has 0 amide bonds. The summed E-state index contributed by atoms with van der Waals surface area (Å²) in [7, 11) is 2.26. The standard InChI is InChI=1S/C14H30N2S/c1-11-5-7-13(8-6-11)14(9-15)16(3)12(2)10-17-4/h11-14H,5-10,15H2,1-4H3. The van der Waals surface area contributed by atoms with Crippen molar-refractivity contribution in [3.63, 3.8) is 0 Å². The van der Waals surface area contributed by atoms with E-state index in [0.29, 0.717) is 12.1 Å². The van der Waals surface area contributed by atoms with Gasteiger partial charge in [-0.2, -0.15) is 11.8 Å². The largest absolute Gasteiger partial charge is 0.329 e. The second kappa shape index (κ2) is 7.65. The fraction of sp³-hybridized carbons (Fsp3) is 1.00. The molecule has 2 atom stereocenters. The minimum absolute atomic E-state index is 0.588. The number of rotatable bonds is 6. The van der Waals surface area contributed by atoms with E-state index in [1.807, 2.05) is 11.8 Å². The maximum absolute atomic E-state index is 6.02. The Morgan fingerprint density at radius 1 is 1.29 bits per heavy atom. The number of hydrogen-bond donors (Lipinski definition) is 1. The van der Waals surface area contributed by atoms with E-state index in [2.05, 4.69) is 32.1 Å². The zero-order chi connectivity index (χ0) is 12.8. The molecule has 0 aromatic rings. The van der Waals surface area contributed by atoms with Crippen LogP contribution in [-0.4, -0.2) is 42.6 Å². The quantitative estimate of drug-likeness (QED) is 0.794. The Kier molecular flexibility index (Phi) is 6.90. The van der Waals surface area contributed by atoms with Crippen LogP contribution in [0.1, 0.15) is 39.5 Å². The van der Waals surface area contributed by atoms with E-state index in [-0.39, 0.29) is 0 Å². The van der Waals surface area contributed by atoms with Gasteiger partial charge in [0.25, 0.3) is 0 Å². The Balaban J connectivity index is 2.51. The third-order valence-corrected chi connectivity index (χ3v) is 5.29. The Bertz CT molecular complexity index is 200. The Hall–Kier alpha value is 0.270. The van der Waals surface area contributed by atoms with Gasteiger partial charge in [-0.15, -0.1) is 0 Å². The average Bonchev–Trinajstić information content (AvgIpc) is 2.32. The Morgan fingerprint density at radius 3 is 2.35 bits per heavy atom. The molecule has 1 rings (SSSR count). The van der Waals surface area contributed by atoms with Gasteiger partial charge in [0.05, 0.1) is 0 Å². The molecule has 1 fully saturated rings. The molecule has 0 aliphatic heterocycles. The Labute approximate surface area is 112 Å². The predicted octanol–water partition coefficient (Wildman–Crippen LogP) is 2.82. The van der Waals surface area contributed by atoms with Crippen molar-refractivity contribution in [1.29, 1.82) is 0 Å². The summed E-state index contributed by atoms with van der Waals surface area (Å²) in [6, 6.07) is 1.22. The first-order chi connectivity index (χ1) is 8.10. The molecule has 0 heterocycles. The number of nitrogens with zero attached hydrogens (tertiary/aromatic N) is 1. The zero-order valence-corrected chi connectivity index (χ0v) is 12.8. The topological polar surface area (TPSA) is 29.3 Å². The van der Waals surface area contributed by atoms with Crippen molar-refractivity contribution in [1.82, 2.24) is 4.90 Å². The number of thioether (sulfide) groups is 1. The molecular weight excluding hydrogens is 228 g/mol. The van der Waals surface area contributed by atoms with Crippen LogP contribution in [0.15, 0.2) is 0 Å². The molecule has 0 aromatic carbocycles. The van der Waals surface area contributed by atoms with Crippen molar-refractivity contribution in [2.24, 2.45) is 17.6 Å². The molecule has 17 heavy (non-hydrogen) atoms. The highest BCUT2D eigenvalue weighted by Gasteiger charge is 2.29. The second-order valence-electron chi connectivity index (χ2n) is 5.79. The van der Waals surface area contributed by atoms with Gasteiger partial charge in [0.1, 0.15) is 0 Å². The molecule has 0 aromatic heterocycles. The summed E-state index contributed by atoms with van der Waals surface area (Å²) >= 11 is 1.93. The molecule has 0 bridgehead atoms. The third-order valence-electron chi connectivity index (χ3n) is 4.47. The van der Waals surface area contributed by atoms with Gasteiger partial charge in [0.2, 0.25) is 0 Å². The van der Waals surface area contributed by atoms with Crippen molar-refractivity contribution in [3.05, 3.63) is 0 Å². The summed E-state index contributed by atoms with van der Waals surface area (Å²) in [6.07, 6.45) is 7.72. The van der Waals surface area contributed by atoms with Crippen LogP contribution in [0.25, 0.3) is 0 Å². The molecule has 2 N–H and O–H groups in total. The van der Waals surface area contributed by atoms with Crippen LogP contribution < -0.4 is 5.73 Å². The summed E-state index contributed by atoms with van der Waals surface area (Å²) in [5.41, 5.74) is 6.02. The lowest BCUT2D eigenvalue weighted by atomic mass is 9.78. The second-order valence-corrected chi connectivity index (χ2v) is 6.70. The molecule has 2 unspecified atom stereocenters. The van der Waals surface area contributed by atoms with Crippen molar-refractivity contribution in [3.8, 4) is 0 Å². The van der Waals surface area contributed by atoms with Crippen LogP contribution in [0.4, 0.5) is 0 Å². The van der Waals surface area contributed by atoms with Gasteiger partial charge in [0.15, 0.2) is 0 Å². The highest BCUT2D eigenvalue weighted by atomic mass is 32.2. The van der Waals surface area contributed by atoms with E-state index in [0.717, 1.165) is 18.4 Å². The van der Waals surface area contributed by atoms with E-state index in [9.17, 15) is 0 Å². The minimum atomic E-state index is 0.588. The number of nitrogens with two attached hydrogens (primary N) is 1. The monoisotopic (exact) mass is 258 g/mol. The van der Waals surface area contributed by atoms with Crippen LogP contribution in [0.5, 0.6) is 0 Å². The van der Waals surface area contributed by atoms with Crippen LogP contribution in [0.2, 0.25) is 0 Å². The number of hydrogen-bond acceptors (Lipinski definition) is 3. The van der Waals surface area contributed by atoms with Gasteiger partial charge in [-0.3, -0.25) is 4.90 Å². The first-order valence-electron chi connectivity index (χ1n) is 7.01. The molecule has 2 nitrogen and oxygen atoms in total. The highest BCUT2D eigenvalue weighted by molar-refractivity contribution is 7.98.